The number of nitrogens with zero attached hydrogens (tertiary/aromatic N) is 3. The van der Waals surface area contributed by atoms with E-state index in [-0.39, 0.29) is 35.2 Å². The predicted molar refractivity (Wildman–Crippen MR) is 127 cm³/mol. The zero-order valence-corrected chi connectivity index (χ0v) is 19.6. The van der Waals surface area contributed by atoms with E-state index < -0.39 is 11.9 Å². The summed E-state index contributed by atoms with van der Waals surface area (Å²) in [7, 11) is 1.45. The van der Waals surface area contributed by atoms with Crippen molar-refractivity contribution < 1.29 is 33.7 Å². The number of carboxylic acids is 2. The number of hydrogen-bond acceptors (Lipinski definition) is 8. The van der Waals surface area contributed by atoms with Crippen LogP contribution < -0.4 is 15.8 Å². The van der Waals surface area contributed by atoms with Crippen LogP contribution in [0, 0.1) is 5.82 Å². The molecule has 4 rings (SSSR count). The molecule has 3 atom stereocenters. The van der Waals surface area contributed by atoms with E-state index in [0.717, 1.165) is 37.8 Å². The number of carbonyl (C=O) groups excluding carboxylic acids is 1. The van der Waals surface area contributed by atoms with Crippen LogP contribution in [0.3, 0.4) is 0 Å². The van der Waals surface area contributed by atoms with Crippen LogP contribution in [0.1, 0.15) is 41.6 Å². The van der Waals surface area contributed by atoms with E-state index in [4.69, 9.17) is 20.7 Å². The molecule has 0 saturated carbocycles. The predicted octanol–water partition coefficient (Wildman–Crippen LogP) is 1.84. The fourth-order valence-electron chi connectivity index (χ4n) is 4.55. The molecule has 2 aliphatic rings. The number of amides is 1. The van der Waals surface area contributed by atoms with Gasteiger partial charge in [-0.25, -0.2) is 19.0 Å². The lowest BCUT2D eigenvalue weighted by molar-refractivity contribution is -0.134. The first-order chi connectivity index (χ1) is 17.2. The van der Waals surface area contributed by atoms with Crippen molar-refractivity contribution in [2.75, 3.05) is 12.8 Å². The van der Waals surface area contributed by atoms with E-state index in [1.165, 1.54) is 25.4 Å². The summed E-state index contributed by atoms with van der Waals surface area (Å²) in [5.41, 5.74) is 6.96. The summed E-state index contributed by atoms with van der Waals surface area (Å²) in [4.78, 5) is 42.1. The van der Waals surface area contributed by atoms with Gasteiger partial charge in [-0.15, -0.1) is 0 Å². The number of aliphatic carboxylic acids is 2. The van der Waals surface area contributed by atoms with Crippen molar-refractivity contribution in [3.05, 3.63) is 59.6 Å². The van der Waals surface area contributed by atoms with Crippen molar-refractivity contribution in [2.24, 2.45) is 0 Å². The molecule has 1 amide bonds. The molecule has 12 heteroatoms. The number of benzene rings is 1. The van der Waals surface area contributed by atoms with E-state index in [2.05, 4.69) is 20.2 Å². The molecule has 5 N–H and O–H groups in total. The number of carbonyl (C=O) groups is 3. The lowest BCUT2D eigenvalue weighted by Gasteiger charge is -2.39. The van der Waals surface area contributed by atoms with E-state index >= 15 is 0 Å². The average molecular weight is 502 g/mol. The molecule has 2 fully saturated rings. The summed E-state index contributed by atoms with van der Waals surface area (Å²) in [6.45, 7) is 0.815. The maximum atomic E-state index is 13.1. The summed E-state index contributed by atoms with van der Waals surface area (Å²) in [6, 6.07) is 7.62. The number of nitrogens with one attached hydrogen (secondary N) is 1. The van der Waals surface area contributed by atoms with Gasteiger partial charge < -0.3 is 26.0 Å². The minimum Gasteiger partial charge on any atom is -0.480 e. The number of nitrogen functional groups attached to an aromatic ring is 1. The van der Waals surface area contributed by atoms with Gasteiger partial charge in [0.1, 0.15) is 11.4 Å². The topological polar surface area (TPSA) is 168 Å². The molecule has 0 aliphatic carbocycles. The van der Waals surface area contributed by atoms with Crippen molar-refractivity contribution in [2.45, 2.75) is 50.4 Å². The normalized spacial score (nSPS) is 20.9. The van der Waals surface area contributed by atoms with Crippen LogP contribution in [0.15, 0.2) is 42.6 Å². The maximum absolute atomic E-state index is 13.1. The second-order valence-electron chi connectivity index (χ2n) is 8.49. The highest BCUT2D eigenvalue weighted by atomic mass is 19.1. The third-order valence-corrected chi connectivity index (χ3v) is 6.08. The van der Waals surface area contributed by atoms with Crippen molar-refractivity contribution in [1.29, 1.82) is 0 Å². The Balaban J connectivity index is 0.000000392. The Morgan fingerprint density at radius 1 is 1.14 bits per heavy atom. The molecule has 1 unspecified atom stereocenters. The third kappa shape index (κ3) is 7.22. The number of rotatable bonds is 7. The molecule has 2 aromatic rings. The fraction of sp³-hybridized carbons (Fsp3) is 0.375. The highest BCUT2D eigenvalue weighted by Gasteiger charge is 2.41. The zero-order valence-electron chi connectivity index (χ0n) is 19.6. The van der Waals surface area contributed by atoms with Gasteiger partial charge in [-0.2, -0.15) is 4.98 Å². The Kier molecular flexibility index (Phi) is 8.90. The molecule has 192 valence electrons. The molecule has 1 aromatic heterocycles. The standard InChI is InChI=1S/C20H24FN5O2.C4H4O4/c1-28-19-17(10-23-20(22)25-19)18(27)24-14-8-15-6-7-16(9-14)26(15)11-12-2-4-13(21)5-3-12;5-3(6)1-2-4(7)8/h2-5,10,14-16H,6-9,11H2,1H3,(H,24,27)(H2,22,23,25);1-2H,(H,5,6)(H,7,8)/b;2-1-/t14?,15-,16+;. The molecule has 0 radical (unpaired) electrons. The summed E-state index contributed by atoms with van der Waals surface area (Å²) < 4.78 is 18.3. The minimum absolute atomic E-state index is 0.0699. The molecule has 11 nitrogen and oxygen atoms in total. The Hall–Kier alpha value is -4.06. The van der Waals surface area contributed by atoms with Gasteiger partial charge in [0, 0.05) is 43.0 Å². The van der Waals surface area contributed by atoms with E-state index in [0.29, 0.717) is 24.2 Å². The van der Waals surface area contributed by atoms with Gasteiger partial charge in [0.25, 0.3) is 5.91 Å². The number of fused-ring (bicyclic) bond motifs is 2. The number of piperidine rings is 1. The van der Waals surface area contributed by atoms with Gasteiger partial charge in [0.2, 0.25) is 11.8 Å². The van der Waals surface area contributed by atoms with Gasteiger partial charge in [0.05, 0.1) is 7.11 Å². The monoisotopic (exact) mass is 501 g/mol. The first kappa shape index (κ1) is 26.5. The highest BCUT2D eigenvalue weighted by molar-refractivity contribution is 5.96. The van der Waals surface area contributed by atoms with Crippen LogP contribution in [-0.2, 0) is 16.1 Å². The van der Waals surface area contributed by atoms with Crippen molar-refractivity contribution >= 4 is 23.8 Å². The maximum Gasteiger partial charge on any atom is 0.328 e. The number of methoxy groups -OCH3 is 1. The Morgan fingerprint density at radius 3 is 2.25 bits per heavy atom. The smallest absolute Gasteiger partial charge is 0.328 e. The third-order valence-electron chi connectivity index (χ3n) is 6.08. The van der Waals surface area contributed by atoms with Crippen LogP contribution in [0.5, 0.6) is 5.88 Å². The molecule has 2 bridgehead atoms. The van der Waals surface area contributed by atoms with Crippen LogP contribution in [-0.4, -0.2) is 68.2 Å². The molecular formula is C24H28FN5O6. The zero-order chi connectivity index (χ0) is 26.2. The Labute approximate surface area is 206 Å². The van der Waals surface area contributed by atoms with Crippen LogP contribution >= 0.6 is 0 Å². The number of nitrogens with two attached hydrogens (primary N) is 1. The number of ether oxygens (including phenoxy) is 1. The number of carboxylic acid groups (broad SMARTS) is 2. The second-order valence-corrected chi connectivity index (χ2v) is 8.49. The van der Waals surface area contributed by atoms with Gasteiger partial charge in [-0.3, -0.25) is 9.69 Å². The number of halogens is 1. The van der Waals surface area contributed by atoms with Crippen LogP contribution in [0.4, 0.5) is 10.3 Å². The lowest BCUT2D eigenvalue weighted by Crippen LogP contribution is -2.50. The number of aromatic nitrogens is 2. The summed E-state index contributed by atoms with van der Waals surface area (Å²) in [5, 5.41) is 18.7. The van der Waals surface area contributed by atoms with E-state index in [9.17, 15) is 18.8 Å². The molecular weight excluding hydrogens is 473 g/mol. The molecule has 36 heavy (non-hydrogen) atoms. The summed E-state index contributed by atoms with van der Waals surface area (Å²) in [6.07, 6.45) is 6.53. The number of hydrogen-bond donors (Lipinski definition) is 4. The summed E-state index contributed by atoms with van der Waals surface area (Å²) >= 11 is 0. The average Bonchev–Trinajstić information content (AvgIpc) is 3.06. The first-order valence-corrected chi connectivity index (χ1v) is 11.3. The van der Waals surface area contributed by atoms with E-state index in [1.807, 2.05) is 12.1 Å². The van der Waals surface area contributed by atoms with Gasteiger partial charge in [-0.1, -0.05) is 12.1 Å². The molecule has 2 saturated heterocycles. The quantitative estimate of drug-likeness (QED) is 0.411. The molecule has 3 heterocycles. The van der Waals surface area contributed by atoms with Gasteiger partial charge >= 0.3 is 11.9 Å². The lowest BCUT2D eigenvalue weighted by atomic mass is 9.96. The first-order valence-electron chi connectivity index (χ1n) is 11.3. The van der Waals surface area contributed by atoms with Crippen molar-refractivity contribution in [3.8, 4) is 5.88 Å². The Bertz CT molecular complexity index is 1100. The van der Waals surface area contributed by atoms with Crippen LogP contribution in [0.25, 0.3) is 0 Å². The highest BCUT2D eigenvalue weighted by Crippen LogP contribution is 2.37. The molecule has 2 aliphatic heterocycles. The van der Waals surface area contributed by atoms with Crippen molar-refractivity contribution in [3.63, 3.8) is 0 Å². The SMILES string of the molecule is COc1nc(N)ncc1C(=O)NC1C[C@H]2CC[C@@H](C1)N2Cc1ccc(F)cc1.O=C(O)/C=C\C(=O)O. The molecule has 0 spiro atoms. The summed E-state index contributed by atoms with van der Waals surface area (Å²) in [5.74, 6) is -2.72. The molecule has 1 aromatic carbocycles. The fourth-order valence-corrected chi connectivity index (χ4v) is 4.55. The second kappa shape index (κ2) is 12.1. The van der Waals surface area contributed by atoms with Crippen LogP contribution in [0.2, 0.25) is 0 Å². The largest absolute Gasteiger partial charge is 0.480 e. The van der Waals surface area contributed by atoms with Crippen molar-refractivity contribution in [1.82, 2.24) is 20.2 Å². The Morgan fingerprint density at radius 2 is 1.72 bits per heavy atom. The minimum atomic E-state index is -1.26. The number of anilines is 1. The van der Waals surface area contributed by atoms with Gasteiger partial charge in [-0.05, 0) is 43.4 Å². The van der Waals surface area contributed by atoms with E-state index in [1.54, 1.807) is 0 Å². The van der Waals surface area contributed by atoms with Gasteiger partial charge in [0.15, 0.2) is 0 Å².